The molecule has 0 saturated carbocycles. The fraction of sp³-hybridized carbons (Fsp3) is 0.762. The summed E-state index contributed by atoms with van der Waals surface area (Å²) in [6, 6.07) is 0. The molecule has 0 atom stereocenters. The van der Waals surface area contributed by atoms with Gasteiger partial charge in [-0.3, -0.25) is 0 Å². The largest absolute Gasteiger partial charge is 0.478 e. The molecule has 0 aliphatic heterocycles. The van der Waals surface area contributed by atoms with E-state index >= 15 is 0 Å². The number of unbranched alkanes of at least 4 members (excludes halogenated alkanes) is 12. The molecule has 0 aromatic heterocycles. The Hall–Kier alpha value is -1.05. The molecule has 1 N–H and O–H groups in total. The molecule has 23 heavy (non-hydrogen) atoms. The number of aliphatic carboxylic acids is 1. The predicted molar refractivity (Wildman–Crippen MR) is 101 cm³/mol. The van der Waals surface area contributed by atoms with Gasteiger partial charge in [0.2, 0.25) is 0 Å². The summed E-state index contributed by atoms with van der Waals surface area (Å²) < 4.78 is 0. The van der Waals surface area contributed by atoms with Crippen LogP contribution in [0.2, 0.25) is 0 Å². The first kappa shape index (κ1) is 21.9. The van der Waals surface area contributed by atoms with E-state index in [1.807, 2.05) is 0 Å². The third-order valence-corrected chi connectivity index (χ3v) is 4.26. The fourth-order valence-electron chi connectivity index (χ4n) is 2.65. The van der Waals surface area contributed by atoms with E-state index in [0.717, 1.165) is 12.8 Å². The van der Waals surface area contributed by atoms with Crippen molar-refractivity contribution >= 4 is 5.97 Å². The van der Waals surface area contributed by atoms with Crippen molar-refractivity contribution in [1.29, 1.82) is 0 Å². The minimum Gasteiger partial charge on any atom is -0.478 e. The van der Waals surface area contributed by atoms with E-state index < -0.39 is 5.97 Å². The Morgan fingerprint density at radius 3 is 1.74 bits per heavy atom. The second kappa shape index (κ2) is 17.3. The van der Waals surface area contributed by atoms with E-state index in [2.05, 4.69) is 19.1 Å². The van der Waals surface area contributed by atoms with Crippen molar-refractivity contribution in [2.75, 3.05) is 0 Å². The Morgan fingerprint density at radius 1 is 0.739 bits per heavy atom. The van der Waals surface area contributed by atoms with Gasteiger partial charge in [0.05, 0.1) is 0 Å². The molecule has 0 radical (unpaired) electrons. The van der Waals surface area contributed by atoms with Crippen molar-refractivity contribution in [2.24, 2.45) is 0 Å². The highest BCUT2D eigenvalue weighted by Crippen LogP contribution is 2.12. The summed E-state index contributed by atoms with van der Waals surface area (Å²) in [4.78, 5) is 10.6. The highest BCUT2D eigenvalue weighted by molar-refractivity contribution is 5.85. The summed E-state index contributed by atoms with van der Waals surface area (Å²) in [6.07, 6.45) is 24.4. The molecule has 0 unspecified atom stereocenters. The summed E-state index contributed by atoms with van der Waals surface area (Å²) >= 11 is 0. The van der Waals surface area contributed by atoms with Crippen molar-refractivity contribution in [3.63, 3.8) is 0 Å². The fourth-order valence-corrected chi connectivity index (χ4v) is 2.65. The second-order valence-electron chi connectivity index (χ2n) is 6.57. The SMILES string of the molecule is CCCCCCCCCCCCCC=CCCC=C(C)C(=O)O. The maximum absolute atomic E-state index is 10.6. The number of hydrogen-bond donors (Lipinski definition) is 1. The van der Waals surface area contributed by atoms with Crippen LogP contribution in [0.5, 0.6) is 0 Å². The van der Waals surface area contributed by atoms with Gasteiger partial charge in [0.25, 0.3) is 0 Å². The zero-order chi connectivity index (χ0) is 17.2. The Labute approximate surface area is 144 Å². The topological polar surface area (TPSA) is 37.3 Å². The molecule has 2 heteroatoms. The molecular formula is C21H38O2. The lowest BCUT2D eigenvalue weighted by Gasteiger charge is -2.01. The molecule has 0 aliphatic rings. The van der Waals surface area contributed by atoms with Gasteiger partial charge in [-0.05, 0) is 32.6 Å². The number of allylic oxidation sites excluding steroid dienone is 3. The molecule has 0 spiro atoms. The number of carboxylic acids is 1. The first-order chi connectivity index (χ1) is 11.2. The number of carboxylic acid groups (broad SMARTS) is 1. The Balaban J connectivity index is 3.22. The van der Waals surface area contributed by atoms with Gasteiger partial charge in [-0.25, -0.2) is 4.79 Å². The van der Waals surface area contributed by atoms with Gasteiger partial charge < -0.3 is 5.11 Å². The maximum Gasteiger partial charge on any atom is 0.330 e. The van der Waals surface area contributed by atoms with Crippen LogP contribution >= 0.6 is 0 Å². The van der Waals surface area contributed by atoms with Crippen LogP contribution in [0.15, 0.2) is 23.8 Å². The van der Waals surface area contributed by atoms with E-state index in [-0.39, 0.29) is 0 Å². The van der Waals surface area contributed by atoms with Crippen LogP contribution in [0.4, 0.5) is 0 Å². The van der Waals surface area contributed by atoms with Crippen LogP contribution in [-0.4, -0.2) is 11.1 Å². The monoisotopic (exact) mass is 322 g/mol. The summed E-state index contributed by atoms with van der Waals surface area (Å²) in [5.41, 5.74) is 0.448. The molecule has 2 nitrogen and oxygen atoms in total. The Bertz CT molecular complexity index is 329. The number of rotatable bonds is 16. The third kappa shape index (κ3) is 17.1. The Kier molecular flexibility index (Phi) is 16.5. The van der Waals surface area contributed by atoms with Gasteiger partial charge in [-0.1, -0.05) is 89.4 Å². The first-order valence-electron chi connectivity index (χ1n) is 9.73. The van der Waals surface area contributed by atoms with Crippen LogP contribution in [0.1, 0.15) is 104 Å². The van der Waals surface area contributed by atoms with Crippen LogP contribution in [0.25, 0.3) is 0 Å². The lowest BCUT2D eigenvalue weighted by atomic mass is 10.1. The highest BCUT2D eigenvalue weighted by Gasteiger charge is 1.96. The van der Waals surface area contributed by atoms with Crippen molar-refractivity contribution in [2.45, 2.75) is 104 Å². The molecule has 0 aliphatic carbocycles. The molecule has 0 aromatic rings. The lowest BCUT2D eigenvalue weighted by molar-refractivity contribution is -0.132. The minimum atomic E-state index is -0.810. The lowest BCUT2D eigenvalue weighted by Crippen LogP contribution is -1.95. The van der Waals surface area contributed by atoms with E-state index in [0.29, 0.717) is 5.57 Å². The summed E-state index contributed by atoms with van der Waals surface area (Å²) in [6.45, 7) is 3.92. The molecule has 0 fully saturated rings. The molecule has 0 bridgehead atoms. The van der Waals surface area contributed by atoms with Gasteiger partial charge in [-0.15, -0.1) is 0 Å². The molecule has 0 aromatic carbocycles. The van der Waals surface area contributed by atoms with Gasteiger partial charge in [0, 0.05) is 5.57 Å². The van der Waals surface area contributed by atoms with E-state index in [1.165, 1.54) is 77.0 Å². The second-order valence-corrected chi connectivity index (χ2v) is 6.57. The van der Waals surface area contributed by atoms with Crippen LogP contribution in [-0.2, 0) is 4.79 Å². The van der Waals surface area contributed by atoms with Gasteiger partial charge in [0.15, 0.2) is 0 Å². The standard InChI is InChI=1S/C21H38O2/c1-3-4-5-6-7-8-9-10-11-12-13-14-15-16-17-18-19-20(2)21(22)23/h15-16,19H,3-14,17-18H2,1-2H3,(H,22,23). The van der Waals surface area contributed by atoms with Gasteiger partial charge in [0.1, 0.15) is 0 Å². The quantitative estimate of drug-likeness (QED) is 0.188. The van der Waals surface area contributed by atoms with Gasteiger partial charge >= 0.3 is 5.97 Å². The van der Waals surface area contributed by atoms with E-state index in [4.69, 9.17) is 5.11 Å². The summed E-state index contributed by atoms with van der Waals surface area (Å²) in [5, 5.41) is 8.72. The van der Waals surface area contributed by atoms with Crippen LogP contribution in [0.3, 0.4) is 0 Å². The smallest absolute Gasteiger partial charge is 0.330 e. The average Bonchev–Trinajstić information content (AvgIpc) is 2.54. The van der Waals surface area contributed by atoms with Crippen LogP contribution in [0, 0.1) is 0 Å². The predicted octanol–water partition coefficient (Wildman–Crippen LogP) is 7.05. The van der Waals surface area contributed by atoms with Crippen molar-refractivity contribution in [3.05, 3.63) is 23.8 Å². The first-order valence-corrected chi connectivity index (χ1v) is 9.73. The van der Waals surface area contributed by atoms with Crippen molar-refractivity contribution in [3.8, 4) is 0 Å². The molecule has 0 rings (SSSR count). The molecule has 0 heterocycles. The molecular weight excluding hydrogens is 284 g/mol. The molecule has 0 amide bonds. The van der Waals surface area contributed by atoms with Crippen LogP contribution < -0.4 is 0 Å². The summed E-state index contributed by atoms with van der Waals surface area (Å²) in [5.74, 6) is -0.810. The maximum atomic E-state index is 10.6. The van der Waals surface area contributed by atoms with E-state index in [9.17, 15) is 4.79 Å². The number of carbonyl (C=O) groups is 1. The molecule has 0 saturated heterocycles. The highest BCUT2D eigenvalue weighted by atomic mass is 16.4. The van der Waals surface area contributed by atoms with Crippen molar-refractivity contribution < 1.29 is 9.90 Å². The normalized spacial score (nSPS) is 12.2. The molecule has 134 valence electrons. The summed E-state index contributed by atoms with van der Waals surface area (Å²) in [7, 11) is 0. The Morgan fingerprint density at radius 2 is 1.22 bits per heavy atom. The average molecular weight is 323 g/mol. The minimum absolute atomic E-state index is 0.448. The van der Waals surface area contributed by atoms with E-state index in [1.54, 1.807) is 13.0 Å². The zero-order valence-electron chi connectivity index (χ0n) is 15.5. The van der Waals surface area contributed by atoms with Gasteiger partial charge in [-0.2, -0.15) is 0 Å². The third-order valence-electron chi connectivity index (χ3n) is 4.26. The number of hydrogen-bond acceptors (Lipinski definition) is 1. The van der Waals surface area contributed by atoms with Crippen molar-refractivity contribution in [1.82, 2.24) is 0 Å². The zero-order valence-corrected chi connectivity index (χ0v) is 15.5.